The number of halogens is 2. The van der Waals surface area contributed by atoms with E-state index in [1.165, 1.54) is 6.07 Å². The summed E-state index contributed by atoms with van der Waals surface area (Å²) in [5, 5.41) is 0. The molecule has 0 radical (unpaired) electrons. The molecule has 0 spiro atoms. The molecular formula is C14H20F2N4O. The largest absolute Gasteiger partial charge is 0.336 e. The van der Waals surface area contributed by atoms with Gasteiger partial charge in [-0.2, -0.15) is 4.39 Å². The molecule has 1 saturated heterocycles. The molecule has 2 heterocycles. The van der Waals surface area contributed by atoms with E-state index in [0.717, 1.165) is 32.4 Å². The fraction of sp³-hybridized carbons (Fsp3) is 0.571. The number of carbonyl (C=O) groups excluding carboxylic acids is 1. The van der Waals surface area contributed by atoms with Crippen LogP contribution >= 0.6 is 0 Å². The molecule has 1 aliphatic rings. The number of amides is 1. The minimum Gasteiger partial charge on any atom is -0.336 e. The maximum atomic E-state index is 13.6. The lowest BCUT2D eigenvalue weighted by atomic mass is 10.2. The maximum Gasteiger partial charge on any atom is 0.257 e. The first-order valence-corrected chi connectivity index (χ1v) is 6.95. The van der Waals surface area contributed by atoms with Crippen molar-refractivity contribution in [2.45, 2.75) is 0 Å². The predicted molar refractivity (Wildman–Crippen MR) is 75.1 cm³/mol. The predicted octanol–water partition coefficient (Wildman–Crippen LogP) is 0.679. The van der Waals surface area contributed by atoms with Crippen molar-refractivity contribution in [3.63, 3.8) is 0 Å². The maximum absolute atomic E-state index is 13.6. The lowest BCUT2D eigenvalue weighted by Crippen LogP contribution is -2.50. The van der Waals surface area contributed by atoms with Gasteiger partial charge in [0.1, 0.15) is 0 Å². The van der Waals surface area contributed by atoms with Gasteiger partial charge < -0.3 is 9.80 Å². The van der Waals surface area contributed by atoms with Crippen molar-refractivity contribution in [1.29, 1.82) is 0 Å². The Morgan fingerprint density at radius 2 is 1.95 bits per heavy atom. The van der Waals surface area contributed by atoms with Gasteiger partial charge in [0.05, 0.1) is 5.56 Å². The molecule has 0 aliphatic carbocycles. The highest BCUT2D eigenvalue weighted by Gasteiger charge is 2.25. The normalized spacial score (nSPS) is 16.5. The van der Waals surface area contributed by atoms with E-state index in [9.17, 15) is 13.6 Å². The number of rotatable bonds is 4. The highest BCUT2D eigenvalue weighted by atomic mass is 19.2. The number of aromatic nitrogens is 1. The van der Waals surface area contributed by atoms with Crippen LogP contribution in [0.4, 0.5) is 8.78 Å². The number of pyridine rings is 1. The molecule has 21 heavy (non-hydrogen) atoms. The average Bonchev–Trinajstić information content (AvgIpc) is 2.48. The summed E-state index contributed by atoms with van der Waals surface area (Å²) in [7, 11) is 4.03. The zero-order valence-electron chi connectivity index (χ0n) is 12.4. The Bertz CT molecular complexity index is 502. The number of carbonyl (C=O) groups is 1. The summed E-state index contributed by atoms with van der Waals surface area (Å²) in [6.45, 7) is 4.43. The van der Waals surface area contributed by atoms with E-state index in [0.29, 0.717) is 13.1 Å². The highest BCUT2D eigenvalue weighted by molar-refractivity contribution is 5.94. The van der Waals surface area contributed by atoms with Crippen LogP contribution in [0.25, 0.3) is 0 Å². The quantitative estimate of drug-likeness (QED) is 0.767. The number of piperazine rings is 1. The molecule has 0 unspecified atom stereocenters. The second-order valence-electron chi connectivity index (χ2n) is 5.40. The van der Waals surface area contributed by atoms with Crippen molar-refractivity contribution in [2.24, 2.45) is 0 Å². The molecule has 1 amide bonds. The SMILES string of the molecule is CN(C)CCN1CCN(C(=O)c2ccnc(F)c2F)CC1. The number of likely N-dealkylation sites (N-methyl/N-ethyl adjacent to an activating group) is 1. The standard InChI is InChI=1S/C14H20F2N4O/c1-18(2)5-6-19-7-9-20(10-8-19)14(21)11-3-4-17-13(16)12(11)15/h3-4H,5-10H2,1-2H3. The summed E-state index contributed by atoms with van der Waals surface area (Å²) < 4.78 is 26.7. The van der Waals surface area contributed by atoms with Crippen molar-refractivity contribution < 1.29 is 13.6 Å². The first-order chi connectivity index (χ1) is 9.99. The van der Waals surface area contributed by atoms with E-state index in [1.807, 2.05) is 14.1 Å². The second kappa shape index (κ2) is 6.91. The molecular weight excluding hydrogens is 278 g/mol. The van der Waals surface area contributed by atoms with E-state index in [-0.39, 0.29) is 5.56 Å². The van der Waals surface area contributed by atoms with Crippen molar-refractivity contribution in [3.05, 3.63) is 29.6 Å². The van der Waals surface area contributed by atoms with Crippen molar-refractivity contribution in [1.82, 2.24) is 19.7 Å². The Hall–Kier alpha value is -1.60. The van der Waals surface area contributed by atoms with Crippen molar-refractivity contribution >= 4 is 5.91 Å². The van der Waals surface area contributed by atoms with Crippen LogP contribution < -0.4 is 0 Å². The van der Waals surface area contributed by atoms with Crippen LogP contribution in [0.1, 0.15) is 10.4 Å². The van der Waals surface area contributed by atoms with Gasteiger partial charge in [0, 0.05) is 45.5 Å². The monoisotopic (exact) mass is 298 g/mol. The molecule has 1 aromatic rings. The van der Waals surface area contributed by atoms with Crippen LogP contribution in [-0.2, 0) is 0 Å². The molecule has 0 atom stereocenters. The molecule has 1 aromatic heterocycles. The third-order valence-electron chi connectivity index (χ3n) is 3.60. The molecule has 0 N–H and O–H groups in total. The van der Waals surface area contributed by atoms with Crippen LogP contribution in [0.3, 0.4) is 0 Å². The van der Waals surface area contributed by atoms with Gasteiger partial charge in [-0.15, -0.1) is 0 Å². The summed E-state index contributed by atoms with van der Waals surface area (Å²) in [5.41, 5.74) is -0.246. The third kappa shape index (κ3) is 3.95. The first-order valence-electron chi connectivity index (χ1n) is 6.95. The average molecular weight is 298 g/mol. The van der Waals surface area contributed by atoms with Gasteiger partial charge in [-0.3, -0.25) is 9.69 Å². The molecule has 7 heteroatoms. The van der Waals surface area contributed by atoms with Gasteiger partial charge in [-0.25, -0.2) is 9.37 Å². The number of nitrogens with zero attached hydrogens (tertiary/aromatic N) is 4. The van der Waals surface area contributed by atoms with E-state index >= 15 is 0 Å². The molecule has 0 bridgehead atoms. The fourth-order valence-corrected chi connectivity index (χ4v) is 2.27. The highest BCUT2D eigenvalue weighted by Crippen LogP contribution is 2.13. The number of hydrogen-bond donors (Lipinski definition) is 0. The van der Waals surface area contributed by atoms with E-state index in [4.69, 9.17) is 0 Å². The van der Waals surface area contributed by atoms with Gasteiger partial charge in [0.2, 0.25) is 5.95 Å². The number of hydrogen-bond acceptors (Lipinski definition) is 4. The zero-order valence-corrected chi connectivity index (χ0v) is 12.4. The molecule has 0 saturated carbocycles. The van der Waals surface area contributed by atoms with Crippen LogP contribution in [-0.4, -0.2) is 79.0 Å². The smallest absolute Gasteiger partial charge is 0.257 e. The lowest BCUT2D eigenvalue weighted by Gasteiger charge is -2.35. The Balaban J connectivity index is 1.93. The van der Waals surface area contributed by atoms with Crippen LogP contribution in [0.2, 0.25) is 0 Å². The Morgan fingerprint density at radius 3 is 2.57 bits per heavy atom. The van der Waals surface area contributed by atoms with E-state index in [2.05, 4.69) is 14.8 Å². The van der Waals surface area contributed by atoms with Crippen molar-refractivity contribution in [2.75, 3.05) is 53.4 Å². The molecule has 1 aliphatic heterocycles. The molecule has 1 fully saturated rings. The Labute approximate surface area is 123 Å². The summed E-state index contributed by atoms with van der Waals surface area (Å²) in [6.07, 6.45) is 1.11. The lowest BCUT2D eigenvalue weighted by molar-refractivity contribution is 0.0623. The topological polar surface area (TPSA) is 39.7 Å². The van der Waals surface area contributed by atoms with Gasteiger partial charge in [-0.1, -0.05) is 0 Å². The molecule has 116 valence electrons. The Kier molecular flexibility index (Phi) is 5.19. The Morgan fingerprint density at radius 1 is 1.29 bits per heavy atom. The van der Waals surface area contributed by atoms with E-state index in [1.54, 1.807) is 4.90 Å². The van der Waals surface area contributed by atoms with Gasteiger partial charge in [-0.05, 0) is 20.2 Å². The van der Waals surface area contributed by atoms with Crippen LogP contribution in [0.5, 0.6) is 0 Å². The van der Waals surface area contributed by atoms with Gasteiger partial charge >= 0.3 is 0 Å². The fourth-order valence-electron chi connectivity index (χ4n) is 2.27. The van der Waals surface area contributed by atoms with Gasteiger partial charge in [0.25, 0.3) is 5.91 Å². The zero-order chi connectivity index (χ0) is 15.4. The van der Waals surface area contributed by atoms with Gasteiger partial charge in [0.15, 0.2) is 5.82 Å². The van der Waals surface area contributed by atoms with E-state index < -0.39 is 17.7 Å². The minimum atomic E-state index is -1.23. The molecule has 0 aromatic carbocycles. The van der Waals surface area contributed by atoms with Crippen molar-refractivity contribution in [3.8, 4) is 0 Å². The summed E-state index contributed by atoms with van der Waals surface area (Å²) in [5.74, 6) is -2.87. The van der Waals surface area contributed by atoms with Crippen LogP contribution in [0.15, 0.2) is 12.3 Å². The summed E-state index contributed by atoms with van der Waals surface area (Å²) >= 11 is 0. The summed E-state index contributed by atoms with van der Waals surface area (Å²) in [4.78, 5) is 21.3. The second-order valence-corrected chi connectivity index (χ2v) is 5.40. The third-order valence-corrected chi connectivity index (χ3v) is 3.60. The first kappa shape index (κ1) is 15.8. The molecule has 5 nitrogen and oxygen atoms in total. The minimum absolute atomic E-state index is 0.246. The summed E-state index contributed by atoms with van der Waals surface area (Å²) in [6, 6.07) is 1.22. The molecule has 2 rings (SSSR count). The van der Waals surface area contributed by atoms with Crippen LogP contribution in [0, 0.1) is 11.8 Å².